The van der Waals surface area contributed by atoms with Crippen molar-refractivity contribution in [2.24, 2.45) is 0 Å². The van der Waals surface area contributed by atoms with Crippen LogP contribution in [0.15, 0.2) is 15.1 Å². The van der Waals surface area contributed by atoms with Gasteiger partial charge in [-0.2, -0.15) is 0 Å². The van der Waals surface area contributed by atoms with Crippen LogP contribution in [0, 0.1) is 5.41 Å². The highest BCUT2D eigenvalue weighted by molar-refractivity contribution is 9.13. The van der Waals surface area contributed by atoms with Crippen molar-refractivity contribution < 1.29 is 0 Å². The molecule has 0 aliphatic rings. The number of hydrogen-bond acceptors (Lipinski definition) is 3. The Hall–Kier alpha value is -0.420. The Bertz CT molecular complexity index is 298. The summed E-state index contributed by atoms with van der Waals surface area (Å²) in [6.45, 7) is 0. The summed E-state index contributed by atoms with van der Waals surface area (Å²) in [5, 5.41) is 6.95. The van der Waals surface area contributed by atoms with Crippen LogP contribution in [0.3, 0.4) is 0 Å². The van der Waals surface area contributed by atoms with Crippen LogP contribution in [0.25, 0.3) is 0 Å². The van der Waals surface area contributed by atoms with Gasteiger partial charge in [-0.15, -0.1) is 0 Å². The van der Waals surface area contributed by atoms with Crippen molar-refractivity contribution in [2.45, 2.75) is 0 Å². The maximum Gasteiger partial charge on any atom is 0.121 e. The van der Waals surface area contributed by atoms with Gasteiger partial charge in [0, 0.05) is 6.21 Å². The van der Waals surface area contributed by atoms with Crippen LogP contribution in [0.4, 0.5) is 5.69 Å². The monoisotopic (exact) mass is 277 g/mol. The third-order valence-corrected chi connectivity index (χ3v) is 2.87. The molecule has 1 rings (SSSR count). The van der Waals surface area contributed by atoms with E-state index >= 15 is 0 Å². The summed E-state index contributed by atoms with van der Waals surface area (Å²) >= 11 is 6.45. The van der Waals surface area contributed by atoms with Crippen molar-refractivity contribution in [1.29, 1.82) is 5.41 Å². The van der Waals surface area contributed by atoms with E-state index in [1.165, 1.54) is 0 Å². The van der Waals surface area contributed by atoms with E-state index in [1.807, 2.05) is 0 Å². The van der Waals surface area contributed by atoms with E-state index in [4.69, 9.17) is 11.1 Å². The fourth-order valence-electron chi connectivity index (χ4n) is 0.609. The zero-order chi connectivity index (χ0) is 8.43. The predicted octanol–water partition coefficient (Wildman–Crippen LogP) is 2.19. The van der Waals surface area contributed by atoms with Crippen LogP contribution in [-0.4, -0.2) is 11.2 Å². The van der Waals surface area contributed by atoms with Gasteiger partial charge >= 0.3 is 0 Å². The van der Waals surface area contributed by atoms with E-state index in [0.29, 0.717) is 16.0 Å². The maximum absolute atomic E-state index is 6.95. The third kappa shape index (κ3) is 1.78. The number of nitrogens with one attached hydrogen (secondary N) is 1. The molecule has 3 nitrogen and oxygen atoms in total. The molecule has 1 aromatic heterocycles. The fourth-order valence-corrected chi connectivity index (χ4v) is 1.25. The van der Waals surface area contributed by atoms with Gasteiger partial charge < -0.3 is 11.1 Å². The van der Waals surface area contributed by atoms with Gasteiger partial charge in [0.25, 0.3) is 0 Å². The number of nitrogen functional groups attached to an aromatic ring is 1. The molecule has 0 fully saturated rings. The molecule has 0 saturated heterocycles. The summed E-state index contributed by atoms with van der Waals surface area (Å²) in [5.41, 5.74) is 6.50. The molecule has 0 amide bonds. The van der Waals surface area contributed by atoms with Gasteiger partial charge in [0.1, 0.15) is 10.3 Å². The minimum Gasteiger partial charge on any atom is -0.397 e. The lowest BCUT2D eigenvalue weighted by Crippen LogP contribution is -1.96. The lowest BCUT2D eigenvalue weighted by Gasteiger charge is -2.00. The number of rotatable bonds is 1. The zero-order valence-corrected chi connectivity index (χ0v) is 8.61. The highest BCUT2D eigenvalue weighted by Gasteiger charge is 2.02. The predicted molar refractivity (Wildman–Crippen MR) is 51.9 cm³/mol. The summed E-state index contributed by atoms with van der Waals surface area (Å²) in [5.74, 6) is 0. The largest absolute Gasteiger partial charge is 0.397 e. The molecule has 5 heteroatoms. The quantitative estimate of drug-likeness (QED) is 0.611. The topological polar surface area (TPSA) is 62.8 Å². The van der Waals surface area contributed by atoms with Crippen molar-refractivity contribution in [1.82, 2.24) is 4.98 Å². The Kier molecular flexibility index (Phi) is 2.62. The van der Waals surface area contributed by atoms with Crippen molar-refractivity contribution in [3.8, 4) is 0 Å². The second-order valence-electron chi connectivity index (χ2n) is 1.88. The first-order valence-corrected chi connectivity index (χ1v) is 4.35. The molecule has 0 aromatic carbocycles. The molecule has 0 bridgehead atoms. The molecule has 0 aliphatic carbocycles. The minimum absolute atomic E-state index is 0.472. The van der Waals surface area contributed by atoms with E-state index in [9.17, 15) is 0 Å². The highest BCUT2D eigenvalue weighted by Crippen LogP contribution is 2.23. The van der Waals surface area contributed by atoms with Crippen molar-refractivity contribution in [3.05, 3.63) is 20.8 Å². The molecule has 0 radical (unpaired) electrons. The van der Waals surface area contributed by atoms with E-state index < -0.39 is 0 Å². The van der Waals surface area contributed by atoms with Gasteiger partial charge in [0.2, 0.25) is 0 Å². The second kappa shape index (κ2) is 3.32. The number of pyridine rings is 1. The molecule has 3 N–H and O–H groups in total. The number of halogens is 2. The van der Waals surface area contributed by atoms with E-state index in [-0.39, 0.29) is 0 Å². The maximum atomic E-state index is 6.95. The molecule has 58 valence electrons. The van der Waals surface area contributed by atoms with Crippen molar-refractivity contribution in [2.75, 3.05) is 5.73 Å². The highest BCUT2D eigenvalue weighted by atomic mass is 79.9. The first-order valence-electron chi connectivity index (χ1n) is 2.77. The summed E-state index contributed by atoms with van der Waals surface area (Å²) in [6.07, 6.45) is 1.12. The summed E-state index contributed by atoms with van der Waals surface area (Å²) in [7, 11) is 0. The number of anilines is 1. The number of hydrogen-bond donors (Lipinski definition) is 2. The van der Waals surface area contributed by atoms with E-state index in [0.717, 1.165) is 10.7 Å². The molecule has 11 heavy (non-hydrogen) atoms. The van der Waals surface area contributed by atoms with Crippen LogP contribution in [0.2, 0.25) is 0 Å². The summed E-state index contributed by atoms with van der Waals surface area (Å²) < 4.78 is 1.45. The zero-order valence-electron chi connectivity index (χ0n) is 5.44. The molecular weight excluding hydrogens is 274 g/mol. The van der Waals surface area contributed by atoms with Gasteiger partial charge in [-0.3, -0.25) is 0 Å². The molecule has 0 aliphatic heterocycles. The van der Waals surface area contributed by atoms with Gasteiger partial charge in [-0.1, -0.05) is 0 Å². The normalized spacial score (nSPS) is 9.64. The van der Waals surface area contributed by atoms with Crippen LogP contribution in [-0.2, 0) is 0 Å². The molecule has 0 atom stereocenters. The minimum atomic E-state index is 0.472. The summed E-state index contributed by atoms with van der Waals surface area (Å²) in [4.78, 5) is 3.99. The Labute approximate surface area is 80.8 Å². The van der Waals surface area contributed by atoms with Crippen molar-refractivity contribution in [3.63, 3.8) is 0 Å². The van der Waals surface area contributed by atoms with E-state index in [1.54, 1.807) is 6.07 Å². The Morgan fingerprint density at radius 1 is 1.55 bits per heavy atom. The van der Waals surface area contributed by atoms with Crippen molar-refractivity contribution >= 4 is 43.8 Å². The molecule has 1 aromatic rings. The Morgan fingerprint density at radius 3 is 2.73 bits per heavy atom. The lowest BCUT2D eigenvalue weighted by atomic mass is 10.3. The SMILES string of the molecule is N=Cc1nc(Br)c(Br)cc1N. The smallest absolute Gasteiger partial charge is 0.121 e. The second-order valence-corrected chi connectivity index (χ2v) is 3.49. The van der Waals surface area contributed by atoms with Crippen LogP contribution >= 0.6 is 31.9 Å². The van der Waals surface area contributed by atoms with Gasteiger partial charge in [-0.25, -0.2) is 4.98 Å². The molecule has 1 heterocycles. The van der Waals surface area contributed by atoms with Gasteiger partial charge in [-0.05, 0) is 37.9 Å². The number of nitrogens with zero attached hydrogens (tertiary/aromatic N) is 1. The molecule has 0 saturated carbocycles. The summed E-state index contributed by atoms with van der Waals surface area (Å²) in [6, 6.07) is 1.71. The number of aromatic nitrogens is 1. The van der Waals surface area contributed by atoms with E-state index in [2.05, 4.69) is 36.8 Å². The molecule has 0 spiro atoms. The number of nitrogens with two attached hydrogens (primary N) is 1. The van der Waals surface area contributed by atoms with Gasteiger partial charge in [0.15, 0.2) is 0 Å². The first kappa shape index (κ1) is 8.67. The molecule has 0 unspecified atom stereocenters. The average Bonchev–Trinajstić information content (AvgIpc) is 1.97. The van der Waals surface area contributed by atoms with Crippen LogP contribution in [0.1, 0.15) is 5.69 Å². The van der Waals surface area contributed by atoms with Crippen LogP contribution in [0.5, 0.6) is 0 Å². The van der Waals surface area contributed by atoms with Crippen LogP contribution < -0.4 is 5.73 Å². The standard InChI is InChI=1S/C6H5Br2N3/c7-3-1-4(10)5(2-9)11-6(3)8/h1-2,9H,10H2. The first-order chi connectivity index (χ1) is 5.15. The van der Waals surface area contributed by atoms with Gasteiger partial charge in [0.05, 0.1) is 10.2 Å². The Balaban J connectivity index is 3.31. The third-order valence-electron chi connectivity index (χ3n) is 1.13. The fraction of sp³-hybridized carbons (Fsp3) is 0. The lowest BCUT2D eigenvalue weighted by molar-refractivity contribution is 1.23. The Morgan fingerprint density at radius 2 is 2.18 bits per heavy atom. The molecular formula is C6H5Br2N3. The average molecular weight is 279 g/mol.